The molecule has 1 aromatic carbocycles. The Morgan fingerprint density at radius 1 is 1.28 bits per heavy atom. The van der Waals surface area contributed by atoms with E-state index in [-0.39, 0.29) is 17.2 Å². The molecule has 1 aromatic rings. The lowest BCUT2D eigenvalue weighted by Gasteiger charge is -2.31. The molecule has 0 bridgehead atoms. The van der Waals surface area contributed by atoms with E-state index >= 15 is 0 Å². The number of piperidine rings is 1. The van der Waals surface area contributed by atoms with Gasteiger partial charge in [-0.3, -0.25) is 14.4 Å². The molecule has 1 saturated heterocycles. The molecule has 0 unspecified atom stereocenters. The summed E-state index contributed by atoms with van der Waals surface area (Å²) in [5.74, 6) is -2.74. The average molecular weight is 522 g/mol. The van der Waals surface area contributed by atoms with Gasteiger partial charge in [-0.15, -0.1) is 0 Å². The van der Waals surface area contributed by atoms with Gasteiger partial charge in [0.15, 0.2) is 0 Å². The second-order valence-electron chi connectivity index (χ2n) is 7.45. The smallest absolute Gasteiger partial charge is 0.319 e. The number of nitriles is 1. The van der Waals surface area contributed by atoms with Crippen LogP contribution in [0.4, 0.5) is 0 Å². The second-order valence-corrected chi connectivity index (χ2v) is 9.29. The molecule has 0 radical (unpaired) electrons. The van der Waals surface area contributed by atoms with Crippen molar-refractivity contribution in [1.29, 1.82) is 5.26 Å². The molecule has 0 saturated carbocycles. The van der Waals surface area contributed by atoms with Crippen molar-refractivity contribution in [3.05, 3.63) is 38.8 Å². The summed E-state index contributed by atoms with van der Waals surface area (Å²) in [6, 6.07) is 7.27. The van der Waals surface area contributed by atoms with E-state index in [4.69, 9.17) is 9.47 Å². The zero-order valence-corrected chi connectivity index (χ0v) is 20.3. The summed E-state index contributed by atoms with van der Waals surface area (Å²) < 4.78 is 10.7. The van der Waals surface area contributed by atoms with Crippen LogP contribution in [0, 0.1) is 17.2 Å². The first-order chi connectivity index (χ1) is 15.4. The van der Waals surface area contributed by atoms with Crippen molar-refractivity contribution in [2.75, 3.05) is 33.1 Å². The number of nitrogens with one attached hydrogen (secondary N) is 1. The van der Waals surface area contributed by atoms with Crippen molar-refractivity contribution in [3.63, 3.8) is 0 Å². The molecule has 1 N–H and O–H groups in total. The van der Waals surface area contributed by atoms with Crippen LogP contribution in [0.1, 0.15) is 30.7 Å². The van der Waals surface area contributed by atoms with E-state index in [1.165, 1.54) is 14.2 Å². The van der Waals surface area contributed by atoms with Gasteiger partial charge >= 0.3 is 5.97 Å². The Hall–Kier alpha value is -2.51. The van der Waals surface area contributed by atoms with Crippen LogP contribution in [0.5, 0.6) is 5.75 Å². The third-order valence-electron chi connectivity index (χ3n) is 5.57. The molecule has 8 nitrogen and oxygen atoms in total. The first-order valence-corrected chi connectivity index (χ1v) is 12.0. The van der Waals surface area contributed by atoms with Gasteiger partial charge in [0.05, 0.1) is 41.1 Å². The Bertz CT molecular complexity index is 984. The van der Waals surface area contributed by atoms with Crippen molar-refractivity contribution >= 4 is 45.5 Å². The van der Waals surface area contributed by atoms with Crippen LogP contribution < -0.4 is 10.1 Å². The Kier molecular flexibility index (Phi) is 8.21. The number of carbonyl (C=O) groups is 3. The second kappa shape index (κ2) is 10.9. The number of nitrogens with zero attached hydrogens (tertiary/aromatic N) is 2. The highest BCUT2D eigenvalue weighted by Gasteiger charge is 2.44. The molecule has 0 aliphatic carbocycles. The molecule has 32 heavy (non-hydrogen) atoms. The minimum absolute atomic E-state index is 0.0347. The topological polar surface area (TPSA) is 109 Å². The number of esters is 1. The monoisotopic (exact) mass is 521 g/mol. The van der Waals surface area contributed by atoms with Crippen LogP contribution in [-0.2, 0) is 19.1 Å². The molecule has 2 amide bonds. The van der Waals surface area contributed by atoms with E-state index in [2.05, 4.69) is 27.3 Å². The van der Waals surface area contributed by atoms with Gasteiger partial charge in [-0.25, -0.2) is 0 Å². The van der Waals surface area contributed by atoms with E-state index in [0.29, 0.717) is 20.8 Å². The Morgan fingerprint density at radius 2 is 2.00 bits per heavy atom. The third-order valence-corrected chi connectivity index (χ3v) is 7.19. The number of hydrogen-bond donors (Lipinski definition) is 1. The number of ether oxygens (including phenoxy) is 2. The summed E-state index contributed by atoms with van der Waals surface area (Å²) in [6.45, 7) is 1.45. The van der Waals surface area contributed by atoms with Crippen LogP contribution >= 0.6 is 27.7 Å². The first-order valence-electron chi connectivity index (χ1n) is 10.2. The summed E-state index contributed by atoms with van der Waals surface area (Å²) in [4.78, 5) is 39.8. The molecule has 0 spiro atoms. The maximum Gasteiger partial charge on any atom is 0.319 e. The lowest BCUT2D eigenvalue weighted by Crippen LogP contribution is -2.44. The van der Waals surface area contributed by atoms with E-state index < -0.39 is 23.7 Å². The Labute approximate surface area is 199 Å². The summed E-state index contributed by atoms with van der Waals surface area (Å²) in [5.41, 5.74) is 0.799. The quantitative estimate of drug-likeness (QED) is 0.452. The summed E-state index contributed by atoms with van der Waals surface area (Å²) in [7, 11) is 2.73. The summed E-state index contributed by atoms with van der Waals surface area (Å²) >= 11 is 4.53. The van der Waals surface area contributed by atoms with Crippen LogP contribution in [-0.4, -0.2) is 55.7 Å². The lowest BCUT2D eigenvalue weighted by molar-refractivity contribution is -0.150. The molecular weight excluding hydrogens is 498 g/mol. The highest BCUT2D eigenvalue weighted by Crippen LogP contribution is 2.42. The molecule has 2 atom stereocenters. The number of halogens is 1. The minimum Gasteiger partial charge on any atom is -0.496 e. The maximum atomic E-state index is 12.9. The normalized spacial score (nSPS) is 20.9. The number of thioether (sulfide) groups is 1. The van der Waals surface area contributed by atoms with Crippen molar-refractivity contribution in [2.24, 2.45) is 5.92 Å². The van der Waals surface area contributed by atoms with Gasteiger partial charge in [0.1, 0.15) is 11.7 Å². The van der Waals surface area contributed by atoms with Crippen molar-refractivity contribution in [1.82, 2.24) is 10.2 Å². The van der Waals surface area contributed by atoms with Gasteiger partial charge in [-0.05, 0) is 52.9 Å². The molecule has 3 rings (SSSR count). The number of benzene rings is 1. The van der Waals surface area contributed by atoms with E-state index in [0.717, 1.165) is 44.1 Å². The zero-order chi connectivity index (χ0) is 23.3. The standard InChI is InChI=1S/C22H24BrN3O5S/c1-30-16-7-6-13(10-15(16)23)18-14(11-24)21(25-20(28)19(18)22(29)31-2)32-12-17(27)26-8-4-3-5-9-26/h6-7,10,18-19H,3-5,8-9,12H2,1-2H3,(H,25,28)/t18-,19-/m1/s1. The highest BCUT2D eigenvalue weighted by molar-refractivity contribution is 9.10. The Morgan fingerprint density at radius 3 is 2.59 bits per heavy atom. The fraction of sp³-hybridized carbons (Fsp3) is 0.455. The summed E-state index contributed by atoms with van der Waals surface area (Å²) in [5, 5.41) is 12.9. The molecule has 170 valence electrons. The summed E-state index contributed by atoms with van der Waals surface area (Å²) in [6.07, 6.45) is 3.08. The predicted octanol–water partition coefficient (Wildman–Crippen LogP) is 2.94. The molecule has 0 aromatic heterocycles. The van der Waals surface area contributed by atoms with Gasteiger partial charge in [0.25, 0.3) is 0 Å². The van der Waals surface area contributed by atoms with E-state index in [1.807, 2.05) is 4.90 Å². The minimum atomic E-state index is -1.22. The molecule has 10 heteroatoms. The third kappa shape index (κ3) is 5.10. The molecular formula is C22H24BrN3O5S. The average Bonchev–Trinajstić information content (AvgIpc) is 2.81. The maximum absolute atomic E-state index is 12.9. The molecule has 2 aliphatic rings. The van der Waals surface area contributed by atoms with Gasteiger partial charge in [-0.2, -0.15) is 5.26 Å². The SMILES string of the molecule is COC(=O)[C@H]1C(=O)NC(SCC(=O)N2CCCCC2)=C(C#N)[C@H]1c1ccc(OC)c(Br)c1. The number of carbonyl (C=O) groups excluding carboxylic acids is 3. The number of amides is 2. The van der Waals surface area contributed by atoms with Crippen LogP contribution in [0.25, 0.3) is 0 Å². The molecule has 2 heterocycles. The fourth-order valence-electron chi connectivity index (χ4n) is 3.92. The molecule has 1 fully saturated rings. The van der Waals surface area contributed by atoms with Crippen LogP contribution in [0.15, 0.2) is 33.3 Å². The van der Waals surface area contributed by atoms with Gasteiger partial charge in [0, 0.05) is 19.0 Å². The lowest BCUT2D eigenvalue weighted by atomic mass is 9.78. The van der Waals surface area contributed by atoms with E-state index in [1.54, 1.807) is 18.2 Å². The number of hydrogen-bond acceptors (Lipinski definition) is 7. The van der Waals surface area contributed by atoms with Crippen molar-refractivity contribution in [2.45, 2.75) is 25.2 Å². The Balaban J connectivity index is 1.95. The van der Waals surface area contributed by atoms with Crippen LogP contribution in [0.3, 0.4) is 0 Å². The zero-order valence-electron chi connectivity index (χ0n) is 17.9. The van der Waals surface area contributed by atoms with Gasteiger partial charge in [0.2, 0.25) is 11.8 Å². The first kappa shape index (κ1) is 24.1. The number of rotatable bonds is 6. The number of methoxy groups -OCH3 is 2. The van der Waals surface area contributed by atoms with Gasteiger partial charge in [-0.1, -0.05) is 17.8 Å². The predicted molar refractivity (Wildman–Crippen MR) is 123 cm³/mol. The largest absolute Gasteiger partial charge is 0.496 e. The van der Waals surface area contributed by atoms with Gasteiger partial charge < -0.3 is 19.7 Å². The highest BCUT2D eigenvalue weighted by atomic mass is 79.9. The number of likely N-dealkylation sites (tertiary alicyclic amines) is 1. The van der Waals surface area contributed by atoms with Crippen molar-refractivity contribution < 1.29 is 23.9 Å². The fourth-order valence-corrected chi connectivity index (χ4v) is 5.43. The van der Waals surface area contributed by atoms with Crippen LogP contribution in [0.2, 0.25) is 0 Å². The molecule has 2 aliphatic heterocycles. The number of allylic oxidation sites excluding steroid dienone is 1. The van der Waals surface area contributed by atoms with E-state index in [9.17, 15) is 19.6 Å². The van der Waals surface area contributed by atoms with Crippen molar-refractivity contribution in [3.8, 4) is 11.8 Å².